The van der Waals surface area contributed by atoms with E-state index in [9.17, 15) is 0 Å². The predicted octanol–water partition coefficient (Wildman–Crippen LogP) is 3.14. The smallest absolute Gasteiger partial charge is 0.223 e. The third-order valence-electron chi connectivity index (χ3n) is 2.56. The average Bonchev–Trinajstić information content (AvgIpc) is 2.33. The summed E-state index contributed by atoms with van der Waals surface area (Å²) >= 11 is 0. The van der Waals surface area contributed by atoms with E-state index in [1.807, 2.05) is 13.0 Å². The number of nitrogens with one attached hydrogen (secondary N) is 1. The van der Waals surface area contributed by atoms with Gasteiger partial charge in [-0.15, -0.1) is 0 Å². The maximum absolute atomic E-state index is 5.43. The van der Waals surface area contributed by atoms with Crippen LogP contribution in [-0.4, -0.2) is 29.7 Å². The molecule has 102 valence electrons. The summed E-state index contributed by atoms with van der Waals surface area (Å²) < 4.78 is 5.43. The Hall–Kier alpha value is -1.16. The van der Waals surface area contributed by atoms with Crippen LogP contribution in [0.4, 0.5) is 5.95 Å². The van der Waals surface area contributed by atoms with Crippen molar-refractivity contribution in [3.05, 3.63) is 17.5 Å². The molecule has 4 heteroatoms. The molecule has 0 amide bonds. The summed E-state index contributed by atoms with van der Waals surface area (Å²) in [6.07, 6.45) is 2.06. The van der Waals surface area contributed by atoms with Crippen molar-refractivity contribution in [2.75, 3.05) is 25.1 Å². The number of anilines is 1. The van der Waals surface area contributed by atoms with E-state index in [0.717, 1.165) is 49.9 Å². The first-order valence-corrected chi connectivity index (χ1v) is 6.80. The van der Waals surface area contributed by atoms with Gasteiger partial charge in [-0.2, -0.15) is 0 Å². The Bertz CT molecular complexity index is 353. The number of hydrogen-bond donors (Lipinski definition) is 1. The molecule has 18 heavy (non-hydrogen) atoms. The minimum Gasteiger partial charge on any atom is -0.381 e. The van der Waals surface area contributed by atoms with Crippen LogP contribution in [0.25, 0.3) is 0 Å². The summed E-state index contributed by atoms with van der Waals surface area (Å²) in [5.41, 5.74) is 2.10. The minimum absolute atomic E-state index is 0.431. The maximum Gasteiger partial charge on any atom is 0.223 e. The molecular formula is C14H25N3O. The van der Waals surface area contributed by atoms with Crippen molar-refractivity contribution in [2.24, 2.45) is 0 Å². The maximum atomic E-state index is 5.43. The Kier molecular flexibility index (Phi) is 6.65. The highest BCUT2D eigenvalue weighted by Gasteiger charge is 2.05. The summed E-state index contributed by atoms with van der Waals surface area (Å²) in [5, 5.41) is 3.26. The highest BCUT2D eigenvalue weighted by Crippen LogP contribution is 2.14. The molecule has 1 aromatic heterocycles. The van der Waals surface area contributed by atoms with Gasteiger partial charge < -0.3 is 10.1 Å². The van der Waals surface area contributed by atoms with E-state index in [1.165, 1.54) is 0 Å². The zero-order valence-corrected chi connectivity index (χ0v) is 12.0. The number of rotatable bonds is 8. The van der Waals surface area contributed by atoms with Crippen molar-refractivity contribution >= 4 is 5.95 Å². The fourth-order valence-electron chi connectivity index (χ4n) is 1.59. The molecule has 0 aliphatic rings. The third-order valence-corrected chi connectivity index (χ3v) is 2.56. The van der Waals surface area contributed by atoms with E-state index >= 15 is 0 Å². The van der Waals surface area contributed by atoms with Crippen molar-refractivity contribution in [1.29, 1.82) is 0 Å². The van der Waals surface area contributed by atoms with Gasteiger partial charge in [0, 0.05) is 31.1 Å². The molecule has 1 rings (SSSR count). The van der Waals surface area contributed by atoms with E-state index in [2.05, 4.69) is 36.1 Å². The summed E-state index contributed by atoms with van der Waals surface area (Å²) in [6, 6.07) is 2.04. The zero-order chi connectivity index (χ0) is 13.4. The molecule has 0 unspecified atom stereocenters. The van der Waals surface area contributed by atoms with Gasteiger partial charge in [0.2, 0.25) is 5.95 Å². The van der Waals surface area contributed by atoms with Crippen molar-refractivity contribution in [2.45, 2.75) is 46.5 Å². The monoisotopic (exact) mass is 251 g/mol. The van der Waals surface area contributed by atoms with E-state index in [4.69, 9.17) is 4.74 Å². The SMILES string of the molecule is CCCOCCCNc1nc(C)cc(C(C)C)n1. The van der Waals surface area contributed by atoms with E-state index in [0.29, 0.717) is 5.92 Å². The third kappa shape index (κ3) is 5.45. The van der Waals surface area contributed by atoms with Crippen LogP contribution in [0.2, 0.25) is 0 Å². The quantitative estimate of drug-likeness (QED) is 0.721. The predicted molar refractivity (Wildman–Crippen MR) is 75.1 cm³/mol. The van der Waals surface area contributed by atoms with Gasteiger partial charge in [-0.3, -0.25) is 0 Å². The highest BCUT2D eigenvalue weighted by atomic mass is 16.5. The van der Waals surface area contributed by atoms with Crippen LogP contribution in [0, 0.1) is 6.92 Å². The number of aryl methyl sites for hydroxylation is 1. The van der Waals surface area contributed by atoms with Crippen molar-refractivity contribution in [3.63, 3.8) is 0 Å². The summed E-state index contributed by atoms with van der Waals surface area (Å²) in [5.74, 6) is 1.16. The Balaban J connectivity index is 2.37. The second-order valence-electron chi connectivity index (χ2n) is 4.81. The number of nitrogens with zero attached hydrogens (tertiary/aromatic N) is 2. The lowest BCUT2D eigenvalue weighted by Crippen LogP contribution is -2.10. The van der Waals surface area contributed by atoms with Gasteiger partial charge in [0.05, 0.1) is 0 Å². The van der Waals surface area contributed by atoms with Crippen LogP contribution in [0.5, 0.6) is 0 Å². The highest BCUT2D eigenvalue weighted by molar-refractivity contribution is 5.28. The number of hydrogen-bond acceptors (Lipinski definition) is 4. The lowest BCUT2D eigenvalue weighted by Gasteiger charge is -2.10. The average molecular weight is 251 g/mol. The Labute approximate surface area is 110 Å². The van der Waals surface area contributed by atoms with Crippen LogP contribution in [-0.2, 0) is 4.74 Å². The summed E-state index contributed by atoms with van der Waals surface area (Å²) in [4.78, 5) is 8.89. The molecule has 0 aromatic carbocycles. The van der Waals surface area contributed by atoms with Crippen LogP contribution < -0.4 is 5.32 Å². The first kappa shape index (κ1) is 14.9. The Morgan fingerprint density at radius 3 is 2.72 bits per heavy atom. The first-order valence-electron chi connectivity index (χ1n) is 6.80. The van der Waals surface area contributed by atoms with Gasteiger partial charge in [0.1, 0.15) is 0 Å². The van der Waals surface area contributed by atoms with Crippen molar-refractivity contribution in [1.82, 2.24) is 9.97 Å². The summed E-state index contributed by atoms with van der Waals surface area (Å²) in [6.45, 7) is 10.9. The molecule has 0 radical (unpaired) electrons. The molecule has 4 nitrogen and oxygen atoms in total. The van der Waals surface area contributed by atoms with Crippen molar-refractivity contribution < 1.29 is 4.74 Å². The molecule has 0 saturated carbocycles. The zero-order valence-electron chi connectivity index (χ0n) is 12.0. The van der Waals surface area contributed by atoms with E-state index < -0.39 is 0 Å². The topological polar surface area (TPSA) is 47.0 Å². The van der Waals surface area contributed by atoms with Crippen LogP contribution >= 0.6 is 0 Å². The lowest BCUT2D eigenvalue weighted by atomic mass is 10.1. The lowest BCUT2D eigenvalue weighted by molar-refractivity contribution is 0.134. The molecule has 1 aromatic rings. The molecule has 0 aliphatic carbocycles. The van der Waals surface area contributed by atoms with Crippen LogP contribution in [0.15, 0.2) is 6.07 Å². The second kappa shape index (κ2) is 8.03. The van der Waals surface area contributed by atoms with Gasteiger partial charge in [0.15, 0.2) is 0 Å². The summed E-state index contributed by atoms with van der Waals surface area (Å²) in [7, 11) is 0. The molecule has 0 spiro atoms. The Morgan fingerprint density at radius 1 is 1.28 bits per heavy atom. The van der Waals surface area contributed by atoms with Gasteiger partial charge in [-0.1, -0.05) is 20.8 Å². The van der Waals surface area contributed by atoms with Crippen LogP contribution in [0.1, 0.15) is 50.9 Å². The largest absolute Gasteiger partial charge is 0.381 e. The fraction of sp³-hybridized carbons (Fsp3) is 0.714. The molecule has 0 bridgehead atoms. The minimum atomic E-state index is 0.431. The Morgan fingerprint density at radius 2 is 2.06 bits per heavy atom. The molecule has 0 atom stereocenters. The molecule has 1 heterocycles. The van der Waals surface area contributed by atoms with Crippen molar-refractivity contribution in [3.8, 4) is 0 Å². The van der Waals surface area contributed by atoms with Gasteiger partial charge in [0.25, 0.3) is 0 Å². The normalized spacial score (nSPS) is 10.9. The van der Waals surface area contributed by atoms with E-state index in [-0.39, 0.29) is 0 Å². The molecular weight excluding hydrogens is 226 g/mol. The molecule has 0 fully saturated rings. The number of ether oxygens (including phenoxy) is 1. The standard InChI is InChI=1S/C14H25N3O/c1-5-8-18-9-6-7-15-14-16-12(4)10-13(17-14)11(2)3/h10-11H,5-9H2,1-4H3,(H,15,16,17). The van der Waals surface area contributed by atoms with Crippen LogP contribution in [0.3, 0.4) is 0 Å². The van der Waals surface area contributed by atoms with Gasteiger partial charge in [-0.05, 0) is 31.7 Å². The second-order valence-corrected chi connectivity index (χ2v) is 4.81. The van der Waals surface area contributed by atoms with E-state index in [1.54, 1.807) is 0 Å². The van der Waals surface area contributed by atoms with Gasteiger partial charge >= 0.3 is 0 Å². The molecule has 1 N–H and O–H groups in total. The molecule has 0 saturated heterocycles. The fourth-order valence-corrected chi connectivity index (χ4v) is 1.59. The number of aromatic nitrogens is 2. The van der Waals surface area contributed by atoms with Gasteiger partial charge in [-0.25, -0.2) is 9.97 Å². The molecule has 0 aliphatic heterocycles. The first-order chi connectivity index (χ1) is 8.63.